The largest absolute Gasteiger partial charge is 0.330 e. The Bertz CT molecular complexity index is 262. The smallest absolute Gasteiger partial charge is 0.000936 e. The van der Waals surface area contributed by atoms with E-state index in [1.807, 2.05) is 0 Å². The van der Waals surface area contributed by atoms with Crippen LogP contribution in [0.3, 0.4) is 0 Å². The minimum Gasteiger partial charge on any atom is -0.330 e. The zero-order valence-corrected chi connectivity index (χ0v) is 12.6. The van der Waals surface area contributed by atoms with Crippen LogP contribution in [0.25, 0.3) is 0 Å². The predicted molar refractivity (Wildman–Crippen MR) is 78.5 cm³/mol. The fraction of sp³-hybridized carbons (Fsp3) is 1.00. The van der Waals surface area contributed by atoms with Gasteiger partial charge in [0.1, 0.15) is 0 Å². The Hall–Kier alpha value is -0.0800. The highest BCUT2D eigenvalue weighted by Crippen LogP contribution is 2.48. The number of hydrogen-bond donors (Lipinski definition) is 1. The molecule has 2 bridgehead atoms. The Balaban J connectivity index is 1.62. The second-order valence-electron chi connectivity index (χ2n) is 7.67. The summed E-state index contributed by atoms with van der Waals surface area (Å²) in [5, 5.41) is 0. The quantitative estimate of drug-likeness (QED) is 0.754. The first-order valence-corrected chi connectivity index (χ1v) is 7.89. The van der Waals surface area contributed by atoms with Crippen LogP contribution in [-0.2, 0) is 0 Å². The van der Waals surface area contributed by atoms with Crippen LogP contribution in [-0.4, -0.2) is 31.6 Å². The summed E-state index contributed by atoms with van der Waals surface area (Å²) in [5.74, 6) is 3.17. The van der Waals surface area contributed by atoms with Gasteiger partial charge in [-0.05, 0) is 75.4 Å². The molecular formula is C16H32N2. The summed E-state index contributed by atoms with van der Waals surface area (Å²) >= 11 is 0. The van der Waals surface area contributed by atoms with Gasteiger partial charge in [-0.25, -0.2) is 0 Å². The summed E-state index contributed by atoms with van der Waals surface area (Å²) in [6.45, 7) is 7.95. The molecular weight excluding hydrogens is 220 g/mol. The molecule has 2 rings (SSSR count). The normalized spacial score (nSPS) is 31.5. The van der Waals surface area contributed by atoms with E-state index in [0.29, 0.717) is 5.41 Å². The highest BCUT2D eigenvalue weighted by atomic mass is 15.1. The lowest BCUT2D eigenvalue weighted by molar-refractivity contribution is 0.208. The summed E-state index contributed by atoms with van der Waals surface area (Å²) in [6.07, 6.45) is 8.65. The fourth-order valence-corrected chi connectivity index (χ4v) is 4.02. The van der Waals surface area contributed by atoms with E-state index in [-0.39, 0.29) is 0 Å². The van der Waals surface area contributed by atoms with Gasteiger partial charge in [0.15, 0.2) is 0 Å². The third-order valence-electron chi connectivity index (χ3n) is 5.38. The molecule has 0 aliphatic heterocycles. The summed E-state index contributed by atoms with van der Waals surface area (Å²) in [5.41, 5.74) is 6.11. The molecule has 0 aromatic heterocycles. The number of hydrogen-bond acceptors (Lipinski definition) is 2. The summed E-state index contributed by atoms with van der Waals surface area (Å²) in [6, 6.07) is 0. The third-order valence-corrected chi connectivity index (χ3v) is 5.38. The van der Waals surface area contributed by atoms with Gasteiger partial charge in [0, 0.05) is 6.54 Å². The molecule has 0 aromatic carbocycles. The van der Waals surface area contributed by atoms with E-state index in [0.717, 1.165) is 24.3 Å². The molecule has 2 nitrogen and oxygen atoms in total. The van der Waals surface area contributed by atoms with Gasteiger partial charge in [-0.3, -0.25) is 0 Å². The van der Waals surface area contributed by atoms with Crippen LogP contribution in [0, 0.1) is 23.2 Å². The van der Waals surface area contributed by atoms with Crippen LogP contribution >= 0.6 is 0 Å². The molecule has 2 aliphatic rings. The van der Waals surface area contributed by atoms with Crippen LogP contribution in [0.15, 0.2) is 0 Å². The zero-order valence-electron chi connectivity index (χ0n) is 12.6. The Morgan fingerprint density at radius 1 is 1.22 bits per heavy atom. The molecule has 0 radical (unpaired) electrons. The first kappa shape index (κ1) is 14.3. The lowest BCUT2D eigenvalue weighted by atomic mass is 9.87. The molecule has 2 saturated carbocycles. The molecule has 0 spiro atoms. The van der Waals surface area contributed by atoms with Crippen molar-refractivity contribution in [3.63, 3.8) is 0 Å². The second-order valence-corrected chi connectivity index (χ2v) is 7.67. The Morgan fingerprint density at radius 3 is 2.56 bits per heavy atom. The molecule has 3 unspecified atom stereocenters. The summed E-state index contributed by atoms with van der Waals surface area (Å²) < 4.78 is 0. The van der Waals surface area contributed by atoms with Crippen LogP contribution in [0.2, 0.25) is 0 Å². The van der Waals surface area contributed by atoms with Crippen molar-refractivity contribution in [1.82, 2.24) is 4.90 Å². The second kappa shape index (κ2) is 5.92. The van der Waals surface area contributed by atoms with Crippen molar-refractivity contribution in [1.29, 1.82) is 0 Å². The van der Waals surface area contributed by atoms with Gasteiger partial charge in [-0.2, -0.15) is 0 Å². The molecule has 0 amide bonds. The topological polar surface area (TPSA) is 29.3 Å². The van der Waals surface area contributed by atoms with Gasteiger partial charge < -0.3 is 10.6 Å². The average molecular weight is 252 g/mol. The van der Waals surface area contributed by atoms with Gasteiger partial charge in [0.25, 0.3) is 0 Å². The lowest BCUT2D eigenvalue weighted by Crippen LogP contribution is -2.31. The molecule has 106 valence electrons. The molecule has 2 heteroatoms. The highest BCUT2D eigenvalue weighted by molar-refractivity contribution is 4.90. The van der Waals surface area contributed by atoms with Crippen LogP contribution < -0.4 is 5.73 Å². The Morgan fingerprint density at radius 2 is 2.00 bits per heavy atom. The van der Waals surface area contributed by atoms with Gasteiger partial charge in [0.05, 0.1) is 0 Å². The van der Waals surface area contributed by atoms with Crippen molar-refractivity contribution in [2.24, 2.45) is 28.9 Å². The molecule has 18 heavy (non-hydrogen) atoms. The number of fused-ring (bicyclic) bond motifs is 2. The third kappa shape index (κ3) is 3.71. The molecule has 2 aliphatic carbocycles. The molecule has 2 N–H and O–H groups in total. The van der Waals surface area contributed by atoms with Gasteiger partial charge >= 0.3 is 0 Å². The van der Waals surface area contributed by atoms with Crippen LogP contribution in [0.1, 0.15) is 52.4 Å². The first-order chi connectivity index (χ1) is 8.50. The maximum absolute atomic E-state index is 5.78. The Kier molecular flexibility index (Phi) is 4.71. The van der Waals surface area contributed by atoms with Gasteiger partial charge in [-0.1, -0.05) is 20.3 Å². The van der Waals surface area contributed by atoms with Gasteiger partial charge in [-0.15, -0.1) is 0 Å². The maximum atomic E-state index is 5.78. The number of nitrogens with two attached hydrogens (primary N) is 1. The van der Waals surface area contributed by atoms with E-state index in [9.17, 15) is 0 Å². The van der Waals surface area contributed by atoms with E-state index in [2.05, 4.69) is 25.8 Å². The van der Waals surface area contributed by atoms with E-state index in [4.69, 9.17) is 5.73 Å². The van der Waals surface area contributed by atoms with Crippen molar-refractivity contribution in [3.05, 3.63) is 0 Å². The monoisotopic (exact) mass is 252 g/mol. The highest BCUT2D eigenvalue weighted by Gasteiger charge is 2.39. The van der Waals surface area contributed by atoms with Crippen LogP contribution in [0.4, 0.5) is 0 Å². The van der Waals surface area contributed by atoms with Gasteiger partial charge in [0.2, 0.25) is 0 Å². The van der Waals surface area contributed by atoms with Crippen LogP contribution in [0.5, 0.6) is 0 Å². The number of nitrogens with zero attached hydrogens (tertiary/aromatic N) is 1. The summed E-state index contributed by atoms with van der Waals surface area (Å²) in [7, 11) is 2.31. The molecule has 0 saturated heterocycles. The van der Waals surface area contributed by atoms with Crippen molar-refractivity contribution >= 4 is 0 Å². The minimum atomic E-state index is 0.327. The average Bonchev–Trinajstić information content (AvgIpc) is 2.90. The predicted octanol–water partition coefficient (Wildman–Crippen LogP) is 3.12. The SMILES string of the molecule is CN(CCCC(C)(C)CN)CC1CC2CCC1C2. The van der Waals surface area contributed by atoms with E-state index in [1.54, 1.807) is 6.42 Å². The van der Waals surface area contributed by atoms with Crippen molar-refractivity contribution in [3.8, 4) is 0 Å². The zero-order chi connectivity index (χ0) is 13.2. The Labute approximate surface area is 113 Å². The van der Waals surface area contributed by atoms with Crippen molar-refractivity contribution < 1.29 is 0 Å². The molecule has 3 atom stereocenters. The molecule has 2 fully saturated rings. The maximum Gasteiger partial charge on any atom is 0.000936 e. The van der Waals surface area contributed by atoms with E-state index >= 15 is 0 Å². The van der Waals surface area contributed by atoms with Crippen molar-refractivity contribution in [2.75, 3.05) is 26.7 Å². The van der Waals surface area contributed by atoms with E-state index < -0.39 is 0 Å². The standard InChI is InChI=1S/C16H32N2/c1-16(2,12-17)7-4-8-18(3)11-15-10-13-5-6-14(15)9-13/h13-15H,4-12,17H2,1-3H3. The molecule has 0 aromatic rings. The summed E-state index contributed by atoms with van der Waals surface area (Å²) in [4.78, 5) is 2.57. The van der Waals surface area contributed by atoms with Crippen molar-refractivity contribution in [2.45, 2.75) is 52.4 Å². The fourth-order valence-electron chi connectivity index (χ4n) is 4.02. The number of rotatable bonds is 7. The van der Waals surface area contributed by atoms with E-state index in [1.165, 1.54) is 45.2 Å². The first-order valence-electron chi connectivity index (χ1n) is 7.89. The lowest BCUT2D eigenvalue weighted by Gasteiger charge is -2.28. The minimum absolute atomic E-state index is 0.327. The molecule has 0 heterocycles.